The van der Waals surface area contributed by atoms with Gasteiger partial charge >= 0.3 is 0 Å². The Morgan fingerprint density at radius 2 is 2.00 bits per heavy atom. The van der Waals surface area contributed by atoms with Gasteiger partial charge in [-0.2, -0.15) is 5.10 Å². The topological polar surface area (TPSA) is 50.9 Å². The Hall–Kier alpha value is -1.39. The van der Waals surface area contributed by atoms with Crippen molar-refractivity contribution < 1.29 is 5.11 Å². The second kappa shape index (κ2) is 5.31. The fourth-order valence-electron chi connectivity index (χ4n) is 2.11. The molecule has 0 radical (unpaired) electrons. The van der Waals surface area contributed by atoms with Crippen molar-refractivity contribution in [1.82, 2.24) is 14.8 Å². The first-order valence-electron chi connectivity index (χ1n) is 6.23. The van der Waals surface area contributed by atoms with Crippen molar-refractivity contribution in [2.45, 2.75) is 32.8 Å². The molecule has 0 saturated carbocycles. The van der Waals surface area contributed by atoms with Gasteiger partial charge in [0.15, 0.2) is 0 Å². The zero-order valence-electron chi connectivity index (χ0n) is 11.6. The van der Waals surface area contributed by atoms with Crippen molar-refractivity contribution in [3.63, 3.8) is 0 Å². The summed E-state index contributed by atoms with van der Waals surface area (Å²) in [5.41, 5.74) is 3.23. The maximum absolute atomic E-state index is 10.6. The fraction of sp³-hybridized carbons (Fsp3) is 0.429. The first-order valence-corrected chi connectivity index (χ1v) is 6.61. The SMILES string of the molecule is Cc1cncc(C(O)c2c(C(C)C)nn(C)c2Cl)c1. The van der Waals surface area contributed by atoms with E-state index in [9.17, 15) is 5.11 Å². The van der Waals surface area contributed by atoms with Crippen LogP contribution in [-0.2, 0) is 7.05 Å². The monoisotopic (exact) mass is 279 g/mol. The lowest BCUT2D eigenvalue weighted by atomic mass is 9.98. The van der Waals surface area contributed by atoms with E-state index in [1.54, 1.807) is 24.1 Å². The minimum absolute atomic E-state index is 0.195. The van der Waals surface area contributed by atoms with Gasteiger partial charge in [-0.1, -0.05) is 31.5 Å². The highest BCUT2D eigenvalue weighted by atomic mass is 35.5. The molecule has 0 aliphatic rings. The van der Waals surface area contributed by atoms with Crippen LogP contribution in [0.15, 0.2) is 18.5 Å². The van der Waals surface area contributed by atoms with Crippen LogP contribution in [-0.4, -0.2) is 19.9 Å². The number of aliphatic hydroxyl groups is 1. The molecule has 2 aromatic heterocycles. The maximum Gasteiger partial charge on any atom is 0.133 e. The molecule has 0 fully saturated rings. The lowest BCUT2D eigenvalue weighted by Crippen LogP contribution is -2.05. The number of aliphatic hydroxyl groups excluding tert-OH is 1. The van der Waals surface area contributed by atoms with Crippen molar-refractivity contribution in [2.75, 3.05) is 0 Å². The predicted molar refractivity (Wildman–Crippen MR) is 75.3 cm³/mol. The lowest BCUT2D eigenvalue weighted by Gasteiger charge is -2.13. The third kappa shape index (κ3) is 2.65. The second-order valence-electron chi connectivity index (χ2n) is 5.07. The number of nitrogens with zero attached hydrogens (tertiary/aromatic N) is 3. The van der Waals surface area contributed by atoms with Gasteiger partial charge in [0.2, 0.25) is 0 Å². The van der Waals surface area contributed by atoms with Crippen molar-refractivity contribution in [3.8, 4) is 0 Å². The van der Waals surface area contributed by atoms with E-state index in [0.717, 1.165) is 16.8 Å². The third-order valence-corrected chi connectivity index (χ3v) is 3.52. The fourth-order valence-corrected chi connectivity index (χ4v) is 2.35. The van der Waals surface area contributed by atoms with Crippen LogP contribution in [0.4, 0.5) is 0 Å². The van der Waals surface area contributed by atoms with Crippen molar-refractivity contribution in [3.05, 3.63) is 46.0 Å². The van der Waals surface area contributed by atoms with E-state index in [1.165, 1.54) is 0 Å². The van der Waals surface area contributed by atoms with Gasteiger partial charge in [0, 0.05) is 30.6 Å². The van der Waals surface area contributed by atoms with Crippen molar-refractivity contribution in [1.29, 1.82) is 0 Å². The Balaban J connectivity index is 2.52. The Bertz CT molecular complexity index is 592. The van der Waals surface area contributed by atoms with Crippen LogP contribution in [0.5, 0.6) is 0 Å². The normalized spacial score (nSPS) is 13.0. The standard InChI is InChI=1S/C14H18ClN3O/c1-8(2)12-11(14(15)18(4)17-12)13(19)10-5-9(3)6-16-7-10/h5-8,13,19H,1-4H3. The minimum atomic E-state index is -0.800. The van der Waals surface area contributed by atoms with Crippen LogP contribution in [0.25, 0.3) is 0 Å². The average molecular weight is 280 g/mol. The summed E-state index contributed by atoms with van der Waals surface area (Å²) in [5.74, 6) is 0.195. The van der Waals surface area contributed by atoms with Gasteiger partial charge in [0.1, 0.15) is 11.3 Å². The van der Waals surface area contributed by atoms with Gasteiger partial charge in [0.05, 0.1) is 5.69 Å². The molecule has 0 amide bonds. The highest BCUT2D eigenvalue weighted by Crippen LogP contribution is 2.34. The number of aryl methyl sites for hydroxylation is 2. The molecule has 2 rings (SSSR count). The van der Waals surface area contributed by atoms with Crippen LogP contribution < -0.4 is 0 Å². The van der Waals surface area contributed by atoms with E-state index in [0.29, 0.717) is 10.7 Å². The molecule has 2 heterocycles. The van der Waals surface area contributed by atoms with Gasteiger partial charge in [0.25, 0.3) is 0 Å². The molecule has 4 nitrogen and oxygen atoms in total. The molecule has 0 saturated heterocycles. The number of rotatable bonds is 3. The summed E-state index contributed by atoms with van der Waals surface area (Å²) in [6, 6.07) is 1.91. The van der Waals surface area contributed by atoms with Gasteiger partial charge in [-0.25, -0.2) is 0 Å². The Labute approximate surface area is 118 Å². The molecular formula is C14H18ClN3O. The summed E-state index contributed by atoms with van der Waals surface area (Å²) in [6.07, 6.45) is 2.61. The maximum atomic E-state index is 10.6. The largest absolute Gasteiger partial charge is 0.383 e. The molecule has 0 aliphatic carbocycles. The third-order valence-electron chi connectivity index (χ3n) is 3.07. The lowest BCUT2D eigenvalue weighted by molar-refractivity contribution is 0.218. The smallest absolute Gasteiger partial charge is 0.133 e. The minimum Gasteiger partial charge on any atom is -0.383 e. The van der Waals surface area contributed by atoms with E-state index in [4.69, 9.17) is 11.6 Å². The summed E-state index contributed by atoms with van der Waals surface area (Å²) in [6.45, 7) is 6.00. The molecule has 0 aromatic carbocycles. The van der Waals surface area contributed by atoms with Crippen molar-refractivity contribution in [2.24, 2.45) is 7.05 Å². The zero-order chi connectivity index (χ0) is 14.2. The van der Waals surface area contributed by atoms with Crippen LogP contribution in [0.1, 0.15) is 48.3 Å². The Morgan fingerprint density at radius 1 is 1.32 bits per heavy atom. The van der Waals surface area contributed by atoms with Crippen LogP contribution in [0.2, 0.25) is 5.15 Å². The molecule has 19 heavy (non-hydrogen) atoms. The number of hydrogen-bond acceptors (Lipinski definition) is 3. The highest BCUT2D eigenvalue weighted by Gasteiger charge is 2.24. The van der Waals surface area contributed by atoms with E-state index < -0.39 is 6.10 Å². The zero-order valence-corrected chi connectivity index (χ0v) is 12.3. The van der Waals surface area contributed by atoms with Crippen LogP contribution >= 0.6 is 11.6 Å². The molecule has 1 atom stereocenters. The molecule has 102 valence electrons. The van der Waals surface area contributed by atoms with E-state index in [-0.39, 0.29) is 5.92 Å². The van der Waals surface area contributed by atoms with Crippen LogP contribution in [0.3, 0.4) is 0 Å². The summed E-state index contributed by atoms with van der Waals surface area (Å²) in [7, 11) is 1.78. The first-order chi connectivity index (χ1) is 8.91. The molecule has 1 unspecified atom stereocenters. The summed E-state index contributed by atoms with van der Waals surface area (Å²) in [5, 5.41) is 15.4. The highest BCUT2D eigenvalue weighted by molar-refractivity contribution is 6.30. The summed E-state index contributed by atoms with van der Waals surface area (Å²) < 4.78 is 1.60. The number of hydrogen-bond donors (Lipinski definition) is 1. The molecule has 0 spiro atoms. The first kappa shape index (κ1) is 14.0. The van der Waals surface area contributed by atoms with Gasteiger partial charge in [-0.05, 0) is 18.4 Å². The number of halogens is 1. The molecule has 1 N–H and O–H groups in total. The number of pyridine rings is 1. The summed E-state index contributed by atoms with van der Waals surface area (Å²) >= 11 is 6.26. The van der Waals surface area contributed by atoms with Gasteiger partial charge in [-0.15, -0.1) is 0 Å². The Kier molecular flexibility index (Phi) is 3.92. The van der Waals surface area contributed by atoms with Gasteiger partial charge < -0.3 is 5.11 Å². The van der Waals surface area contributed by atoms with Gasteiger partial charge in [-0.3, -0.25) is 9.67 Å². The van der Waals surface area contributed by atoms with E-state index in [1.807, 2.05) is 26.8 Å². The summed E-state index contributed by atoms with van der Waals surface area (Å²) in [4.78, 5) is 4.11. The molecule has 0 aliphatic heterocycles. The molecular weight excluding hydrogens is 262 g/mol. The Morgan fingerprint density at radius 3 is 2.58 bits per heavy atom. The predicted octanol–water partition coefficient (Wildman–Crippen LogP) is 2.98. The molecule has 5 heteroatoms. The molecule has 0 bridgehead atoms. The van der Waals surface area contributed by atoms with E-state index in [2.05, 4.69) is 10.1 Å². The van der Waals surface area contributed by atoms with Crippen LogP contribution in [0, 0.1) is 6.92 Å². The second-order valence-corrected chi connectivity index (χ2v) is 5.42. The average Bonchev–Trinajstić information content (AvgIpc) is 2.65. The number of aromatic nitrogens is 3. The van der Waals surface area contributed by atoms with Crippen molar-refractivity contribution >= 4 is 11.6 Å². The quantitative estimate of drug-likeness (QED) is 0.940. The molecule has 2 aromatic rings. The van der Waals surface area contributed by atoms with E-state index >= 15 is 0 Å².